The largest absolute Gasteiger partial charge is 0.488 e. The molecule has 0 saturated carbocycles. The number of benzene rings is 3. The van der Waals surface area contributed by atoms with Crippen molar-refractivity contribution in [3.8, 4) is 5.75 Å². The average molecular weight is 417 g/mol. The third-order valence-electron chi connectivity index (χ3n) is 5.70. The third kappa shape index (κ3) is 4.28. The van der Waals surface area contributed by atoms with Gasteiger partial charge in [-0.3, -0.25) is 4.79 Å². The van der Waals surface area contributed by atoms with Crippen molar-refractivity contribution in [3.63, 3.8) is 0 Å². The van der Waals surface area contributed by atoms with Crippen LogP contribution >= 0.6 is 0 Å². The summed E-state index contributed by atoms with van der Waals surface area (Å²) >= 11 is 0. The number of ether oxygens (including phenoxy) is 2. The van der Waals surface area contributed by atoms with Crippen molar-refractivity contribution in [1.82, 2.24) is 4.90 Å². The minimum Gasteiger partial charge on any atom is -0.488 e. The predicted octanol–water partition coefficient (Wildman–Crippen LogP) is 5.04. The van der Waals surface area contributed by atoms with Crippen molar-refractivity contribution in [1.29, 1.82) is 0 Å². The fourth-order valence-corrected chi connectivity index (χ4v) is 4.09. The molecule has 1 heterocycles. The molecule has 1 amide bonds. The summed E-state index contributed by atoms with van der Waals surface area (Å²) in [5.74, 6) is 0.760. The molecule has 1 aliphatic rings. The van der Waals surface area contributed by atoms with Crippen LogP contribution < -0.4 is 10.1 Å². The van der Waals surface area contributed by atoms with Crippen molar-refractivity contribution in [2.24, 2.45) is 0 Å². The Kier molecular flexibility index (Phi) is 6.23. The molecular formula is C26H28N2O3. The van der Waals surface area contributed by atoms with Gasteiger partial charge in [0.25, 0.3) is 5.91 Å². The fourth-order valence-electron chi connectivity index (χ4n) is 4.09. The highest BCUT2D eigenvalue weighted by atomic mass is 16.5. The lowest BCUT2D eigenvalue weighted by Crippen LogP contribution is -2.56. The van der Waals surface area contributed by atoms with Gasteiger partial charge in [-0.15, -0.1) is 0 Å². The van der Waals surface area contributed by atoms with Gasteiger partial charge in [-0.2, -0.15) is 0 Å². The Morgan fingerprint density at radius 1 is 0.935 bits per heavy atom. The van der Waals surface area contributed by atoms with Crippen LogP contribution in [0, 0.1) is 0 Å². The summed E-state index contributed by atoms with van der Waals surface area (Å²) in [6.07, 6.45) is 0.745. The van der Waals surface area contributed by atoms with Crippen molar-refractivity contribution in [3.05, 3.63) is 95.6 Å². The molecule has 0 saturated heterocycles. The number of hydrogen-bond donors (Lipinski definition) is 1. The monoisotopic (exact) mass is 416 g/mol. The van der Waals surface area contributed by atoms with E-state index in [9.17, 15) is 4.79 Å². The maximum atomic E-state index is 13.5. The Bertz CT molecular complexity index is 1040. The second-order valence-corrected chi connectivity index (χ2v) is 7.82. The topological polar surface area (TPSA) is 50.8 Å². The zero-order chi connectivity index (χ0) is 21.7. The lowest BCUT2D eigenvalue weighted by molar-refractivity contribution is 0.0498. The number of fused-ring (bicyclic) bond motifs is 1. The van der Waals surface area contributed by atoms with Gasteiger partial charge in [0.1, 0.15) is 18.0 Å². The quantitative estimate of drug-likeness (QED) is 0.523. The number of nitrogens with zero attached hydrogens (tertiary/aromatic N) is 1. The molecule has 4 rings (SSSR count). The highest BCUT2D eigenvalue weighted by molar-refractivity contribution is 6.02. The second-order valence-electron chi connectivity index (χ2n) is 7.82. The van der Waals surface area contributed by atoms with Crippen LogP contribution in [-0.4, -0.2) is 31.1 Å². The van der Waals surface area contributed by atoms with Crippen LogP contribution in [0.1, 0.15) is 34.8 Å². The summed E-state index contributed by atoms with van der Waals surface area (Å²) < 4.78 is 11.5. The van der Waals surface area contributed by atoms with E-state index < -0.39 is 5.66 Å². The maximum Gasteiger partial charge on any atom is 0.258 e. The van der Waals surface area contributed by atoms with Crippen molar-refractivity contribution < 1.29 is 14.3 Å². The first-order valence-electron chi connectivity index (χ1n) is 10.6. The molecule has 0 aromatic heterocycles. The molecule has 5 nitrogen and oxygen atoms in total. The summed E-state index contributed by atoms with van der Waals surface area (Å²) in [5, 5.41) is 3.62. The molecule has 0 fully saturated rings. The second kappa shape index (κ2) is 9.23. The number of methoxy groups -OCH3 is 1. The standard InChI is InChI=1S/C26H28N2O3/c1-26(22-14-7-9-16-24(22)31-19-20-11-4-3-5-12-20)27-23-15-8-6-13-21(23)25(29)28(26)17-10-18-30-2/h3-9,11-16,27H,10,17-19H2,1-2H3. The van der Waals surface area contributed by atoms with Crippen LogP contribution in [0.2, 0.25) is 0 Å². The molecule has 5 heteroatoms. The Hall–Kier alpha value is -3.31. The molecule has 1 N–H and O–H groups in total. The van der Waals surface area contributed by atoms with Crippen LogP contribution in [0.3, 0.4) is 0 Å². The summed E-state index contributed by atoms with van der Waals surface area (Å²) in [4.78, 5) is 15.4. The van der Waals surface area contributed by atoms with Crippen molar-refractivity contribution in [2.75, 3.05) is 25.6 Å². The lowest BCUT2D eigenvalue weighted by Gasteiger charge is -2.47. The first-order valence-corrected chi connectivity index (χ1v) is 10.6. The number of anilines is 1. The zero-order valence-electron chi connectivity index (χ0n) is 18.0. The highest BCUT2D eigenvalue weighted by Gasteiger charge is 2.43. The number of carbonyl (C=O) groups excluding carboxylic acids is 1. The van der Waals surface area contributed by atoms with E-state index in [0.29, 0.717) is 25.3 Å². The van der Waals surface area contributed by atoms with E-state index in [1.807, 2.05) is 90.7 Å². The molecule has 1 unspecified atom stereocenters. The van der Waals surface area contributed by atoms with E-state index in [-0.39, 0.29) is 5.91 Å². The first kappa shape index (κ1) is 20.9. The summed E-state index contributed by atoms with van der Waals surface area (Å²) in [7, 11) is 1.68. The number of nitrogens with one attached hydrogen (secondary N) is 1. The molecule has 3 aromatic carbocycles. The van der Waals surface area contributed by atoms with Gasteiger partial charge in [-0.1, -0.05) is 60.7 Å². The Morgan fingerprint density at radius 2 is 1.65 bits per heavy atom. The van der Waals surface area contributed by atoms with E-state index in [1.54, 1.807) is 7.11 Å². The van der Waals surface area contributed by atoms with Gasteiger partial charge >= 0.3 is 0 Å². The number of amides is 1. The third-order valence-corrected chi connectivity index (χ3v) is 5.70. The minimum atomic E-state index is -0.757. The van der Waals surface area contributed by atoms with Crippen molar-refractivity contribution in [2.45, 2.75) is 25.6 Å². The number of carbonyl (C=O) groups is 1. The highest BCUT2D eigenvalue weighted by Crippen LogP contribution is 2.41. The SMILES string of the molecule is COCCCN1C(=O)c2ccccc2NC1(C)c1ccccc1OCc1ccccc1. The van der Waals surface area contributed by atoms with E-state index >= 15 is 0 Å². The van der Waals surface area contributed by atoms with Gasteiger partial charge in [-0.25, -0.2) is 0 Å². The summed E-state index contributed by atoms with van der Waals surface area (Å²) in [6, 6.07) is 25.7. The van der Waals surface area contributed by atoms with Crippen LogP contribution in [0.15, 0.2) is 78.9 Å². The minimum absolute atomic E-state index is 0.00538. The zero-order valence-corrected chi connectivity index (χ0v) is 18.0. The summed E-state index contributed by atoms with van der Waals surface area (Å²) in [5.41, 5.74) is 2.77. The average Bonchev–Trinajstić information content (AvgIpc) is 2.81. The first-order chi connectivity index (χ1) is 15.1. The Balaban J connectivity index is 1.70. The van der Waals surface area contributed by atoms with Gasteiger partial charge in [0.15, 0.2) is 0 Å². The van der Waals surface area contributed by atoms with Gasteiger partial charge in [0.2, 0.25) is 0 Å². The molecule has 0 spiro atoms. The number of hydrogen-bond acceptors (Lipinski definition) is 4. The van der Waals surface area contributed by atoms with Crippen LogP contribution in [0.4, 0.5) is 5.69 Å². The lowest BCUT2D eigenvalue weighted by atomic mass is 9.92. The summed E-state index contributed by atoms with van der Waals surface area (Å²) in [6.45, 7) is 3.66. The molecule has 31 heavy (non-hydrogen) atoms. The molecule has 0 radical (unpaired) electrons. The maximum absolute atomic E-state index is 13.5. The Labute approximate surface area is 183 Å². The van der Waals surface area contributed by atoms with Gasteiger partial charge < -0.3 is 19.7 Å². The smallest absolute Gasteiger partial charge is 0.258 e. The normalized spacial score (nSPS) is 17.7. The molecule has 3 aromatic rings. The van der Waals surface area contributed by atoms with E-state index in [1.165, 1.54) is 0 Å². The van der Waals surface area contributed by atoms with Crippen molar-refractivity contribution >= 4 is 11.6 Å². The molecule has 1 aliphatic heterocycles. The molecule has 0 bridgehead atoms. The van der Waals surface area contributed by atoms with E-state index in [0.717, 1.165) is 29.0 Å². The number of para-hydroxylation sites is 2. The van der Waals surface area contributed by atoms with E-state index in [4.69, 9.17) is 9.47 Å². The Morgan fingerprint density at radius 3 is 2.45 bits per heavy atom. The molecule has 160 valence electrons. The molecular weight excluding hydrogens is 388 g/mol. The fraction of sp³-hybridized carbons (Fsp3) is 0.269. The van der Waals surface area contributed by atoms with Gasteiger partial charge in [0, 0.05) is 31.5 Å². The van der Waals surface area contributed by atoms with Gasteiger partial charge in [-0.05, 0) is 37.1 Å². The van der Waals surface area contributed by atoms with Crippen LogP contribution in [0.25, 0.3) is 0 Å². The van der Waals surface area contributed by atoms with Crippen LogP contribution in [-0.2, 0) is 17.0 Å². The molecule has 1 atom stereocenters. The van der Waals surface area contributed by atoms with E-state index in [2.05, 4.69) is 5.32 Å². The van der Waals surface area contributed by atoms with Crippen LogP contribution in [0.5, 0.6) is 5.75 Å². The number of rotatable bonds is 8. The van der Waals surface area contributed by atoms with Gasteiger partial charge in [0.05, 0.1) is 5.56 Å². The predicted molar refractivity (Wildman–Crippen MR) is 122 cm³/mol. The molecule has 0 aliphatic carbocycles.